The van der Waals surface area contributed by atoms with E-state index in [1.807, 2.05) is 78.6 Å². The maximum absolute atomic E-state index is 6.06. The minimum absolute atomic E-state index is 0.829. The van der Waals surface area contributed by atoms with E-state index < -0.39 is 0 Å². The average molecular weight is 1150 g/mol. The topological polar surface area (TPSA) is 110 Å². The summed E-state index contributed by atoms with van der Waals surface area (Å²) >= 11 is 1.87. The number of aryl methyl sites for hydroxylation is 5. The van der Waals surface area contributed by atoms with Crippen LogP contribution in [0.25, 0.3) is 139 Å². The van der Waals surface area contributed by atoms with Crippen LogP contribution >= 0.6 is 11.3 Å². The van der Waals surface area contributed by atoms with Crippen LogP contribution in [0.4, 0.5) is 0 Å². The van der Waals surface area contributed by atoms with Gasteiger partial charge >= 0.3 is 17.4 Å². The van der Waals surface area contributed by atoms with E-state index in [0.717, 1.165) is 77.0 Å². The molecule has 0 saturated heterocycles. The van der Waals surface area contributed by atoms with Gasteiger partial charge in [0.1, 0.15) is 46.8 Å². The number of thiophene rings is 1. The van der Waals surface area contributed by atoms with Crippen molar-refractivity contribution in [3.05, 3.63) is 223 Å². The van der Waals surface area contributed by atoms with E-state index in [9.17, 15) is 0 Å². The second-order valence-electron chi connectivity index (χ2n) is 23.0. The van der Waals surface area contributed by atoms with Gasteiger partial charge in [0, 0.05) is 57.1 Å². The number of hydrogen-bond donors (Lipinski definition) is 0. The van der Waals surface area contributed by atoms with Gasteiger partial charge in [-0.1, -0.05) is 102 Å². The van der Waals surface area contributed by atoms with E-state index in [1.165, 1.54) is 110 Å². The Balaban J connectivity index is 0.0000000878. The highest BCUT2D eigenvalue weighted by molar-refractivity contribution is 7.25. The minimum atomic E-state index is 0.829. The molecule has 16 heteroatoms. The Kier molecular flexibility index (Phi) is 10.6. The van der Waals surface area contributed by atoms with E-state index in [4.69, 9.17) is 4.42 Å². The summed E-state index contributed by atoms with van der Waals surface area (Å²) in [6.07, 6.45) is 7.49. The molecule has 21 rings (SSSR count). The van der Waals surface area contributed by atoms with E-state index in [2.05, 4.69) is 234 Å². The van der Waals surface area contributed by atoms with Gasteiger partial charge in [-0.3, -0.25) is 13.7 Å². The Hall–Kier alpha value is -10.8. The van der Waals surface area contributed by atoms with Gasteiger partial charge in [-0.15, -0.1) is 0 Å². The van der Waals surface area contributed by atoms with Gasteiger partial charge < -0.3 is 4.42 Å². The lowest BCUT2D eigenvalue weighted by atomic mass is 10.2. The Morgan fingerprint density at radius 2 is 0.805 bits per heavy atom. The van der Waals surface area contributed by atoms with Crippen LogP contribution in [0.1, 0.15) is 22.3 Å². The van der Waals surface area contributed by atoms with Crippen molar-refractivity contribution in [2.24, 2.45) is 35.2 Å². The Labute approximate surface area is 501 Å². The molecule has 0 N–H and O–H groups in total. The minimum Gasteiger partial charge on any atom is -0.419 e. The first-order valence-electron chi connectivity index (χ1n) is 29.4. The van der Waals surface area contributed by atoms with Crippen molar-refractivity contribution in [1.29, 1.82) is 0 Å². The molecule has 418 valence electrons. The molecule has 0 amide bonds. The quantitative estimate of drug-likeness (QED) is 0.152. The van der Waals surface area contributed by atoms with Crippen LogP contribution in [0.3, 0.4) is 0 Å². The molecule has 12 aromatic heterocycles. The third-order valence-corrected chi connectivity index (χ3v) is 19.5. The summed E-state index contributed by atoms with van der Waals surface area (Å²) in [5, 5.41) is 5.07. The lowest BCUT2D eigenvalue weighted by molar-refractivity contribution is -0.652. The smallest absolute Gasteiger partial charge is 0.339 e. The predicted octanol–water partition coefficient (Wildman–Crippen LogP) is 12.0. The molecule has 0 atom stereocenters. The second kappa shape index (κ2) is 18.6. The first-order valence-corrected chi connectivity index (χ1v) is 30.2. The first-order chi connectivity index (χ1) is 42.8. The molecule has 0 unspecified atom stereocenters. The van der Waals surface area contributed by atoms with Crippen molar-refractivity contribution >= 4 is 98.1 Å². The standard InChI is InChI=1S/C22H17N4.C17H15N4.C16H12N3O.C16H12N3S/c1-24-20-17-11-5-6-12-18(17)26(16-9-3-2-4-10-16)22(20)25-14-15-8-7-13-23-19(15)21(24)25;1-19-13-8-4-3-7-12(13)15-17(19)21-10-11-6-5-9-18-14(11)16(21)20(15)2;2*1-18-14-11-6-2-3-7-12(11)20-16(14)19-9-10-5-4-8-17-13(10)15(18)19/h2-13H,14H2,1H3;3-9H,10H2,1-2H3;2*2-8H,9H2,1H3/q4*+1. The van der Waals surface area contributed by atoms with E-state index >= 15 is 0 Å². The fourth-order valence-corrected chi connectivity index (χ4v) is 15.9. The summed E-state index contributed by atoms with van der Waals surface area (Å²) in [6.45, 7) is 3.53. The highest BCUT2D eigenvalue weighted by Gasteiger charge is 2.40. The van der Waals surface area contributed by atoms with Gasteiger partial charge in [-0.05, 0) is 84.9 Å². The molecular weight excluding hydrogens is 1100 g/mol. The number of para-hydroxylation sites is 4. The molecule has 0 spiro atoms. The van der Waals surface area contributed by atoms with Crippen LogP contribution in [0.15, 0.2) is 205 Å². The summed E-state index contributed by atoms with van der Waals surface area (Å²) < 4.78 is 30.6. The number of rotatable bonds is 1. The van der Waals surface area contributed by atoms with Crippen LogP contribution in [-0.4, -0.2) is 47.3 Å². The molecule has 0 bridgehead atoms. The summed E-state index contributed by atoms with van der Waals surface area (Å²) in [5.41, 5.74) is 22.6. The van der Waals surface area contributed by atoms with Crippen LogP contribution in [0, 0.1) is 0 Å². The lowest BCUT2D eigenvalue weighted by Crippen LogP contribution is -2.33. The predicted molar refractivity (Wildman–Crippen MR) is 340 cm³/mol. The Morgan fingerprint density at radius 1 is 0.368 bits per heavy atom. The van der Waals surface area contributed by atoms with Crippen molar-refractivity contribution < 1.29 is 22.7 Å². The molecule has 0 aliphatic carbocycles. The molecule has 4 aliphatic heterocycles. The summed E-state index contributed by atoms with van der Waals surface area (Å²) in [5.74, 6) is 4.74. The van der Waals surface area contributed by atoms with Crippen LogP contribution in [0.2, 0.25) is 0 Å². The molecule has 16 heterocycles. The number of nitrogens with zero attached hydrogens (tertiary/aromatic N) is 14. The molecule has 15 nitrogen and oxygen atoms in total. The lowest BCUT2D eigenvalue weighted by Gasteiger charge is -2.03. The number of hydrogen-bond acceptors (Lipinski definition) is 6. The van der Waals surface area contributed by atoms with Crippen molar-refractivity contribution in [2.45, 2.75) is 26.2 Å². The number of imidazole rings is 4. The van der Waals surface area contributed by atoms with Gasteiger partial charge in [-0.25, -0.2) is 47.3 Å². The van der Waals surface area contributed by atoms with Crippen LogP contribution in [-0.2, 0) is 61.4 Å². The zero-order valence-corrected chi connectivity index (χ0v) is 49.3. The number of pyridine rings is 4. The zero-order valence-electron chi connectivity index (χ0n) is 48.5. The number of fused-ring (bicyclic) bond motifs is 28. The molecule has 0 fully saturated rings. The molecule has 4 aliphatic rings. The van der Waals surface area contributed by atoms with Crippen molar-refractivity contribution in [1.82, 2.24) is 47.3 Å². The summed E-state index contributed by atoms with van der Waals surface area (Å²) in [7, 11) is 10.7. The van der Waals surface area contributed by atoms with E-state index in [-0.39, 0.29) is 0 Å². The Morgan fingerprint density at radius 3 is 1.43 bits per heavy atom. The number of benzene rings is 5. The normalized spacial score (nSPS) is 12.9. The average Bonchev–Trinajstić information content (AvgIpc) is 1.63. The third kappa shape index (κ3) is 6.92. The molecule has 17 aromatic rings. The van der Waals surface area contributed by atoms with Crippen molar-refractivity contribution in [3.63, 3.8) is 0 Å². The third-order valence-electron chi connectivity index (χ3n) is 18.4. The first kappa shape index (κ1) is 49.6. The van der Waals surface area contributed by atoms with Gasteiger partial charge in [0.2, 0.25) is 10.3 Å². The van der Waals surface area contributed by atoms with Gasteiger partial charge in [-0.2, -0.15) is 4.57 Å². The van der Waals surface area contributed by atoms with Gasteiger partial charge in [0.25, 0.3) is 22.9 Å². The fraction of sp³-hybridized carbons (Fsp3) is 0.127. The highest BCUT2D eigenvalue weighted by atomic mass is 32.1. The van der Waals surface area contributed by atoms with Gasteiger partial charge in [0.15, 0.2) is 27.9 Å². The summed E-state index contributed by atoms with van der Waals surface area (Å²) in [4.78, 5) is 19.7. The maximum Gasteiger partial charge on any atom is 0.339 e. The van der Waals surface area contributed by atoms with Gasteiger partial charge in [0.05, 0.1) is 64.5 Å². The molecular formula is C71H56N14OS+4. The molecule has 5 aromatic carbocycles. The highest BCUT2D eigenvalue weighted by Crippen LogP contribution is 2.40. The van der Waals surface area contributed by atoms with E-state index in [1.54, 1.807) is 0 Å². The Bertz CT molecular complexity index is 5580. The summed E-state index contributed by atoms with van der Waals surface area (Å²) in [6, 6.07) is 61.4. The monoisotopic (exact) mass is 1150 g/mol. The van der Waals surface area contributed by atoms with Crippen molar-refractivity contribution in [3.8, 4) is 51.8 Å². The van der Waals surface area contributed by atoms with E-state index in [0.29, 0.717) is 0 Å². The number of aromatic nitrogens is 14. The maximum atomic E-state index is 6.06. The molecule has 87 heavy (non-hydrogen) atoms. The van der Waals surface area contributed by atoms with Crippen LogP contribution < -0.4 is 18.3 Å². The second-order valence-corrected chi connectivity index (χ2v) is 24.1. The largest absolute Gasteiger partial charge is 0.419 e. The van der Waals surface area contributed by atoms with Crippen molar-refractivity contribution in [2.75, 3.05) is 0 Å². The van der Waals surface area contributed by atoms with Crippen LogP contribution in [0.5, 0.6) is 0 Å². The SMILES string of the molecule is Cn1c2[n+](c3c1c1ccccc1n3-c1ccccc1)Cc1cccnc1-2.Cn1c2[n+](c3c1c1ccccc1n3C)Cc1cccnc1-2.Cn1c2[n+](c3oc4ccccc4c31)Cc1cccnc1-2.Cn1c2[n+](c3sc4ccccc4c31)Cc1cccnc1-2. The molecule has 0 saturated carbocycles. The zero-order chi connectivity index (χ0) is 57.9. The number of furan rings is 1. The fourth-order valence-electron chi connectivity index (χ4n) is 14.7. The molecule has 0 radical (unpaired) electrons.